The Morgan fingerprint density at radius 1 is 1.15 bits per heavy atom. The Balaban J connectivity index is 1.35. The van der Waals surface area contributed by atoms with Crippen LogP contribution < -0.4 is 4.74 Å². The number of amides is 1. The number of benzene rings is 2. The monoisotopic (exact) mass is 363 g/mol. The number of carbonyl (C=O) groups is 1. The van der Waals surface area contributed by atoms with Gasteiger partial charge in [-0.2, -0.15) is 0 Å². The molecule has 1 aromatic heterocycles. The molecule has 1 unspecified atom stereocenters. The molecule has 6 heteroatoms. The maximum Gasteiger partial charge on any atom is 0.260 e. The third kappa shape index (κ3) is 4.00. The SMILES string of the molecule is Cc1ccc(-c2nnc(C3CCN(C(=O)COc4ccccc4)C3)o2)cc1. The highest BCUT2D eigenvalue weighted by Gasteiger charge is 2.31. The molecule has 0 saturated carbocycles. The smallest absolute Gasteiger partial charge is 0.260 e. The van der Waals surface area contributed by atoms with Crippen molar-refractivity contribution in [2.45, 2.75) is 19.3 Å². The van der Waals surface area contributed by atoms with Crippen LogP contribution >= 0.6 is 0 Å². The van der Waals surface area contributed by atoms with Gasteiger partial charge < -0.3 is 14.1 Å². The van der Waals surface area contributed by atoms with Gasteiger partial charge in [0.05, 0.1) is 5.92 Å². The van der Waals surface area contributed by atoms with E-state index in [9.17, 15) is 4.79 Å². The second-order valence-corrected chi connectivity index (χ2v) is 6.74. The predicted molar refractivity (Wildman–Crippen MR) is 100 cm³/mol. The molecule has 0 aliphatic carbocycles. The van der Waals surface area contributed by atoms with Gasteiger partial charge in [-0.05, 0) is 37.6 Å². The Morgan fingerprint density at radius 3 is 2.70 bits per heavy atom. The second kappa shape index (κ2) is 7.61. The van der Waals surface area contributed by atoms with Crippen molar-refractivity contribution < 1.29 is 13.9 Å². The van der Waals surface area contributed by atoms with E-state index in [0.717, 1.165) is 12.0 Å². The molecule has 27 heavy (non-hydrogen) atoms. The molecule has 1 fully saturated rings. The summed E-state index contributed by atoms with van der Waals surface area (Å²) in [4.78, 5) is 14.2. The fraction of sp³-hybridized carbons (Fsp3) is 0.286. The van der Waals surface area contributed by atoms with E-state index in [1.807, 2.05) is 61.5 Å². The summed E-state index contributed by atoms with van der Waals surface area (Å²) >= 11 is 0. The maximum absolute atomic E-state index is 12.4. The summed E-state index contributed by atoms with van der Waals surface area (Å²) in [6.07, 6.45) is 0.812. The van der Waals surface area contributed by atoms with Crippen molar-refractivity contribution in [2.75, 3.05) is 19.7 Å². The number of hydrogen-bond donors (Lipinski definition) is 0. The molecule has 1 aliphatic heterocycles. The van der Waals surface area contributed by atoms with E-state index < -0.39 is 0 Å². The van der Waals surface area contributed by atoms with Crippen molar-refractivity contribution in [1.82, 2.24) is 15.1 Å². The van der Waals surface area contributed by atoms with Crippen LogP contribution in [0.15, 0.2) is 59.0 Å². The lowest BCUT2D eigenvalue weighted by atomic mass is 10.1. The predicted octanol–water partition coefficient (Wildman–Crippen LogP) is 3.44. The number of carbonyl (C=O) groups excluding carboxylic acids is 1. The Kier molecular flexibility index (Phi) is 4.87. The number of ether oxygens (including phenoxy) is 1. The summed E-state index contributed by atoms with van der Waals surface area (Å²) in [6.45, 7) is 3.32. The van der Waals surface area contributed by atoms with Gasteiger partial charge in [-0.25, -0.2) is 0 Å². The summed E-state index contributed by atoms with van der Waals surface area (Å²) in [7, 11) is 0. The highest BCUT2D eigenvalue weighted by atomic mass is 16.5. The summed E-state index contributed by atoms with van der Waals surface area (Å²) < 4.78 is 11.4. The first-order chi connectivity index (χ1) is 13.2. The topological polar surface area (TPSA) is 68.5 Å². The van der Waals surface area contributed by atoms with E-state index in [1.54, 1.807) is 4.90 Å². The van der Waals surface area contributed by atoms with Gasteiger partial charge in [0, 0.05) is 18.7 Å². The fourth-order valence-electron chi connectivity index (χ4n) is 3.15. The average molecular weight is 363 g/mol. The number of aromatic nitrogens is 2. The first-order valence-electron chi connectivity index (χ1n) is 9.05. The lowest BCUT2D eigenvalue weighted by Gasteiger charge is -2.16. The minimum absolute atomic E-state index is 0.0281. The molecule has 0 bridgehead atoms. The minimum Gasteiger partial charge on any atom is -0.484 e. The maximum atomic E-state index is 12.4. The third-order valence-corrected chi connectivity index (χ3v) is 4.73. The van der Waals surface area contributed by atoms with Gasteiger partial charge in [-0.1, -0.05) is 35.9 Å². The van der Waals surface area contributed by atoms with Gasteiger partial charge in [0.15, 0.2) is 6.61 Å². The summed E-state index contributed by atoms with van der Waals surface area (Å²) in [5, 5.41) is 8.36. The van der Waals surface area contributed by atoms with E-state index >= 15 is 0 Å². The number of nitrogens with zero attached hydrogens (tertiary/aromatic N) is 3. The molecule has 6 nitrogen and oxygen atoms in total. The number of likely N-dealkylation sites (tertiary alicyclic amines) is 1. The highest BCUT2D eigenvalue weighted by Crippen LogP contribution is 2.28. The molecule has 2 heterocycles. The standard InChI is InChI=1S/C21H21N3O3/c1-15-7-9-16(10-8-15)20-22-23-21(27-20)17-11-12-24(13-17)19(25)14-26-18-5-3-2-4-6-18/h2-10,17H,11-14H2,1H3. The minimum atomic E-state index is -0.0281. The van der Waals surface area contributed by atoms with Crippen molar-refractivity contribution in [3.63, 3.8) is 0 Å². The molecule has 2 aromatic carbocycles. The van der Waals surface area contributed by atoms with Crippen LogP contribution in [0.2, 0.25) is 0 Å². The normalized spacial score (nSPS) is 16.5. The molecule has 1 aliphatic rings. The van der Waals surface area contributed by atoms with Crippen molar-refractivity contribution in [1.29, 1.82) is 0 Å². The van der Waals surface area contributed by atoms with E-state index in [0.29, 0.717) is 30.6 Å². The average Bonchev–Trinajstić information content (AvgIpc) is 3.37. The number of rotatable bonds is 5. The fourth-order valence-corrected chi connectivity index (χ4v) is 3.15. The van der Waals surface area contributed by atoms with Crippen LogP contribution in [0, 0.1) is 6.92 Å². The molecule has 1 saturated heterocycles. The van der Waals surface area contributed by atoms with Gasteiger partial charge in [0.1, 0.15) is 5.75 Å². The van der Waals surface area contributed by atoms with Crippen molar-refractivity contribution in [3.8, 4) is 17.2 Å². The van der Waals surface area contributed by atoms with E-state index in [-0.39, 0.29) is 18.4 Å². The van der Waals surface area contributed by atoms with Gasteiger partial charge in [0.2, 0.25) is 11.8 Å². The Labute approximate surface area is 157 Å². The third-order valence-electron chi connectivity index (χ3n) is 4.73. The molecular formula is C21H21N3O3. The van der Waals surface area contributed by atoms with Crippen LogP contribution in [0.1, 0.15) is 23.8 Å². The second-order valence-electron chi connectivity index (χ2n) is 6.74. The summed E-state index contributed by atoms with van der Waals surface area (Å²) in [5.74, 6) is 1.84. The van der Waals surface area contributed by atoms with Crippen LogP contribution in [-0.2, 0) is 4.79 Å². The number of hydrogen-bond acceptors (Lipinski definition) is 5. The zero-order valence-corrected chi connectivity index (χ0v) is 15.2. The quantitative estimate of drug-likeness (QED) is 0.695. The highest BCUT2D eigenvalue weighted by molar-refractivity contribution is 5.78. The molecule has 0 spiro atoms. The first kappa shape index (κ1) is 17.3. The van der Waals surface area contributed by atoms with E-state index in [4.69, 9.17) is 9.15 Å². The molecule has 138 valence electrons. The van der Waals surface area contributed by atoms with Gasteiger partial charge in [-0.3, -0.25) is 4.79 Å². The zero-order chi connectivity index (χ0) is 18.6. The van der Waals surface area contributed by atoms with Crippen molar-refractivity contribution >= 4 is 5.91 Å². The molecule has 0 N–H and O–H groups in total. The first-order valence-corrected chi connectivity index (χ1v) is 9.05. The van der Waals surface area contributed by atoms with Gasteiger partial charge in [-0.15, -0.1) is 10.2 Å². The van der Waals surface area contributed by atoms with Crippen molar-refractivity contribution in [3.05, 3.63) is 66.1 Å². The van der Waals surface area contributed by atoms with E-state index in [2.05, 4.69) is 10.2 Å². The molecule has 1 atom stereocenters. The van der Waals surface area contributed by atoms with Crippen molar-refractivity contribution in [2.24, 2.45) is 0 Å². The number of para-hydroxylation sites is 1. The Hall–Kier alpha value is -3.15. The molecule has 3 aromatic rings. The van der Waals surface area contributed by atoms with E-state index in [1.165, 1.54) is 5.56 Å². The Bertz CT molecular complexity index is 906. The zero-order valence-electron chi connectivity index (χ0n) is 15.2. The largest absolute Gasteiger partial charge is 0.484 e. The van der Waals surface area contributed by atoms with Crippen LogP contribution in [0.25, 0.3) is 11.5 Å². The van der Waals surface area contributed by atoms with Crippen LogP contribution in [-0.4, -0.2) is 40.7 Å². The van der Waals surface area contributed by atoms with Gasteiger partial charge >= 0.3 is 0 Å². The Morgan fingerprint density at radius 2 is 1.93 bits per heavy atom. The van der Waals surface area contributed by atoms with Crippen LogP contribution in [0.5, 0.6) is 5.75 Å². The molecule has 1 amide bonds. The molecular weight excluding hydrogens is 342 g/mol. The molecule has 4 rings (SSSR count). The summed E-state index contributed by atoms with van der Waals surface area (Å²) in [6, 6.07) is 17.3. The number of aryl methyl sites for hydroxylation is 1. The molecule has 0 radical (unpaired) electrons. The lowest BCUT2D eigenvalue weighted by molar-refractivity contribution is -0.132. The van der Waals surface area contributed by atoms with Gasteiger partial charge in [0.25, 0.3) is 5.91 Å². The lowest BCUT2D eigenvalue weighted by Crippen LogP contribution is -2.32. The van der Waals surface area contributed by atoms with Crippen LogP contribution in [0.4, 0.5) is 0 Å². The summed E-state index contributed by atoms with van der Waals surface area (Å²) in [5.41, 5.74) is 2.09. The van der Waals surface area contributed by atoms with Crippen LogP contribution in [0.3, 0.4) is 0 Å².